The van der Waals surface area contributed by atoms with Crippen molar-refractivity contribution in [2.45, 2.75) is 19.9 Å². The summed E-state index contributed by atoms with van der Waals surface area (Å²) >= 11 is 5.95. The van der Waals surface area contributed by atoms with E-state index in [-0.39, 0.29) is 18.0 Å². The van der Waals surface area contributed by atoms with Crippen LogP contribution in [0.15, 0.2) is 48.5 Å². The minimum Gasteiger partial charge on any atom is -0.331 e. The fourth-order valence-corrected chi connectivity index (χ4v) is 2.26. The monoisotopic (exact) mass is 331 g/mol. The molecule has 120 valence electrons. The second-order valence-electron chi connectivity index (χ2n) is 5.13. The minimum atomic E-state index is -0.315. The molecule has 0 aromatic heterocycles. The fraction of sp³-hybridized carbons (Fsp3) is 0.176. The van der Waals surface area contributed by atoms with E-state index in [1.165, 1.54) is 6.92 Å². The zero-order chi connectivity index (χ0) is 16.8. The average molecular weight is 332 g/mol. The number of rotatable bonds is 4. The number of nitrogens with one attached hydrogen (secondary N) is 3. The van der Waals surface area contributed by atoms with Gasteiger partial charge in [0, 0.05) is 23.3 Å². The van der Waals surface area contributed by atoms with Crippen LogP contribution in [-0.4, -0.2) is 11.9 Å². The second kappa shape index (κ2) is 7.65. The van der Waals surface area contributed by atoms with E-state index in [4.69, 9.17) is 11.6 Å². The van der Waals surface area contributed by atoms with Gasteiger partial charge in [0.1, 0.15) is 0 Å². The Balaban J connectivity index is 1.92. The highest BCUT2D eigenvalue weighted by Gasteiger charge is 2.10. The SMILES string of the molecule is CC(=O)Nc1ccc(NC(=O)N[C@@H](C)c2cccc(Cl)c2)cc1. The van der Waals surface area contributed by atoms with Crippen LogP contribution in [0.1, 0.15) is 25.5 Å². The van der Waals surface area contributed by atoms with E-state index in [2.05, 4.69) is 16.0 Å². The minimum absolute atomic E-state index is 0.140. The summed E-state index contributed by atoms with van der Waals surface area (Å²) in [6.07, 6.45) is 0. The Morgan fingerprint density at radius 2 is 1.61 bits per heavy atom. The standard InChI is InChI=1S/C17H18ClN3O2/c1-11(13-4-3-5-14(18)10-13)19-17(23)21-16-8-6-15(7-9-16)20-12(2)22/h3-11H,1-2H3,(H,20,22)(H2,19,21,23)/t11-/m0/s1. The molecular formula is C17H18ClN3O2. The molecule has 0 unspecified atom stereocenters. The molecule has 3 amide bonds. The number of halogens is 1. The zero-order valence-corrected chi connectivity index (χ0v) is 13.6. The van der Waals surface area contributed by atoms with Gasteiger partial charge in [-0.05, 0) is 48.9 Å². The summed E-state index contributed by atoms with van der Waals surface area (Å²) in [6, 6.07) is 13.7. The van der Waals surface area contributed by atoms with E-state index in [0.29, 0.717) is 16.4 Å². The summed E-state index contributed by atoms with van der Waals surface area (Å²) < 4.78 is 0. The number of benzene rings is 2. The summed E-state index contributed by atoms with van der Waals surface area (Å²) in [5.74, 6) is -0.140. The molecule has 2 rings (SSSR count). The fourth-order valence-electron chi connectivity index (χ4n) is 2.06. The average Bonchev–Trinajstić information content (AvgIpc) is 2.48. The van der Waals surface area contributed by atoms with Gasteiger partial charge < -0.3 is 16.0 Å². The summed E-state index contributed by atoms with van der Waals surface area (Å²) in [5.41, 5.74) is 2.24. The third kappa shape index (κ3) is 5.30. The Morgan fingerprint density at radius 3 is 2.17 bits per heavy atom. The first-order valence-corrected chi connectivity index (χ1v) is 7.52. The van der Waals surface area contributed by atoms with Crippen LogP contribution >= 0.6 is 11.6 Å². The van der Waals surface area contributed by atoms with Gasteiger partial charge in [0.05, 0.1) is 6.04 Å². The van der Waals surface area contributed by atoms with Gasteiger partial charge in [0.15, 0.2) is 0 Å². The van der Waals surface area contributed by atoms with Crippen LogP contribution in [0, 0.1) is 0 Å². The molecule has 0 fully saturated rings. The van der Waals surface area contributed by atoms with Crippen molar-refractivity contribution in [1.82, 2.24) is 5.32 Å². The predicted molar refractivity (Wildman–Crippen MR) is 92.8 cm³/mol. The van der Waals surface area contributed by atoms with Crippen molar-refractivity contribution in [3.63, 3.8) is 0 Å². The Kier molecular flexibility index (Phi) is 5.60. The molecular weight excluding hydrogens is 314 g/mol. The smallest absolute Gasteiger partial charge is 0.319 e. The molecule has 2 aromatic carbocycles. The third-order valence-corrected chi connectivity index (χ3v) is 3.39. The van der Waals surface area contributed by atoms with Crippen molar-refractivity contribution in [3.8, 4) is 0 Å². The van der Waals surface area contributed by atoms with Crippen molar-refractivity contribution in [2.75, 3.05) is 10.6 Å². The lowest BCUT2D eigenvalue weighted by Gasteiger charge is -2.15. The molecule has 5 nitrogen and oxygen atoms in total. The number of hydrogen-bond acceptors (Lipinski definition) is 2. The lowest BCUT2D eigenvalue weighted by Crippen LogP contribution is -2.31. The molecule has 1 atom stereocenters. The normalized spacial score (nSPS) is 11.4. The van der Waals surface area contributed by atoms with Crippen LogP contribution in [-0.2, 0) is 4.79 Å². The largest absolute Gasteiger partial charge is 0.331 e. The van der Waals surface area contributed by atoms with Crippen molar-refractivity contribution < 1.29 is 9.59 Å². The third-order valence-electron chi connectivity index (χ3n) is 3.16. The molecule has 0 saturated carbocycles. The van der Waals surface area contributed by atoms with Crippen LogP contribution in [0.3, 0.4) is 0 Å². The number of amides is 3. The highest BCUT2D eigenvalue weighted by molar-refractivity contribution is 6.30. The number of anilines is 2. The van der Waals surface area contributed by atoms with Gasteiger partial charge in [-0.1, -0.05) is 23.7 Å². The summed E-state index contributed by atoms with van der Waals surface area (Å²) in [5, 5.41) is 8.88. The first-order valence-electron chi connectivity index (χ1n) is 7.14. The van der Waals surface area contributed by atoms with Gasteiger partial charge in [-0.3, -0.25) is 4.79 Å². The van der Waals surface area contributed by atoms with Crippen LogP contribution in [0.2, 0.25) is 5.02 Å². The second-order valence-corrected chi connectivity index (χ2v) is 5.57. The maximum Gasteiger partial charge on any atom is 0.319 e. The first-order chi connectivity index (χ1) is 10.9. The summed E-state index contributed by atoms with van der Waals surface area (Å²) in [7, 11) is 0. The van der Waals surface area contributed by atoms with E-state index in [1.807, 2.05) is 25.1 Å². The topological polar surface area (TPSA) is 70.2 Å². The number of urea groups is 1. The Bertz CT molecular complexity index is 701. The van der Waals surface area contributed by atoms with Crippen LogP contribution in [0.25, 0.3) is 0 Å². The van der Waals surface area contributed by atoms with Crippen LogP contribution < -0.4 is 16.0 Å². The molecule has 0 saturated heterocycles. The van der Waals surface area contributed by atoms with Crippen molar-refractivity contribution in [1.29, 1.82) is 0 Å². The molecule has 3 N–H and O–H groups in total. The Morgan fingerprint density at radius 1 is 1.00 bits per heavy atom. The highest BCUT2D eigenvalue weighted by atomic mass is 35.5. The molecule has 23 heavy (non-hydrogen) atoms. The molecule has 0 radical (unpaired) electrons. The van der Waals surface area contributed by atoms with Gasteiger partial charge in [-0.25, -0.2) is 4.79 Å². The van der Waals surface area contributed by atoms with Crippen molar-refractivity contribution in [2.24, 2.45) is 0 Å². The van der Waals surface area contributed by atoms with Crippen LogP contribution in [0.4, 0.5) is 16.2 Å². The summed E-state index contributed by atoms with van der Waals surface area (Å²) in [4.78, 5) is 23.0. The molecule has 0 heterocycles. The van der Waals surface area contributed by atoms with Crippen molar-refractivity contribution in [3.05, 3.63) is 59.1 Å². The Hall–Kier alpha value is -2.53. The highest BCUT2D eigenvalue weighted by Crippen LogP contribution is 2.18. The van der Waals surface area contributed by atoms with E-state index in [0.717, 1.165) is 5.56 Å². The van der Waals surface area contributed by atoms with Gasteiger partial charge >= 0.3 is 6.03 Å². The molecule has 6 heteroatoms. The molecule has 2 aromatic rings. The van der Waals surface area contributed by atoms with Gasteiger partial charge in [-0.2, -0.15) is 0 Å². The quantitative estimate of drug-likeness (QED) is 0.786. The van der Waals surface area contributed by atoms with Gasteiger partial charge in [0.2, 0.25) is 5.91 Å². The number of carbonyl (C=O) groups is 2. The van der Waals surface area contributed by atoms with Gasteiger partial charge in [0.25, 0.3) is 0 Å². The van der Waals surface area contributed by atoms with E-state index < -0.39 is 0 Å². The molecule has 0 spiro atoms. The van der Waals surface area contributed by atoms with E-state index in [9.17, 15) is 9.59 Å². The lowest BCUT2D eigenvalue weighted by molar-refractivity contribution is -0.114. The van der Waals surface area contributed by atoms with E-state index in [1.54, 1.807) is 30.3 Å². The Labute approximate surface area is 140 Å². The maximum absolute atomic E-state index is 12.0. The molecule has 0 aliphatic carbocycles. The number of hydrogen-bond donors (Lipinski definition) is 3. The molecule has 0 aliphatic rings. The zero-order valence-electron chi connectivity index (χ0n) is 12.9. The lowest BCUT2D eigenvalue weighted by atomic mass is 10.1. The van der Waals surface area contributed by atoms with Crippen molar-refractivity contribution >= 4 is 34.9 Å². The predicted octanol–water partition coefficient (Wildman–Crippen LogP) is 4.18. The summed E-state index contributed by atoms with van der Waals surface area (Å²) in [6.45, 7) is 3.32. The molecule has 0 bridgehead atoms. The maximum atomic E-state index is 12.0. The number of carbonyl (C=O) groups excluding carboxylic acids is 2. The molecule has 0 aliphatic heterocycles. The van der Waals surface area contributed by atoms with Gasteiger partial charge in [-0.15, -0.1) is 0 Å². The van der Waals surface area contributed by atoms with Crippen LogP contribution in [0.5, 0.6) is 0 Å². The van der Waals surface area contributed by atoms with E-state index >= 15 is 0 Å². The first kappa shape index (κ1) is 16.8.